The lowest BCUT2D eigenvalue weighted by molar-refractivity contribution is 0.536. The number of aryl methyl sites for hydroxylation is 1. The second-order valence-corrected chi connectivity index (χ2v) is 7.20. The zero-order valence-corrected chi connectivity index (χ0v) is 13.4. The van der Waals surface area contributed by atoms with Crippen molar-refractivity contribution in [3.8, 4) is 0 Å². The van der Waals surface area contributed by atoms with E-state index in [0.717, 1.165) is 26.8 Å². The monoisotopic (exact) mass is 350 g/mol. The van der Waals surface area contributed by atoms with Crippen LogP contribution in [0.15, 0.2) is 40.2 Å². The van der Waals surface area contributed by atoms with Crippen LogP contribution in [0.3, 0.4) is 0 Å². The quantitative estimate of drug-likeness (QED) is 0.561. The Balaban J connectivity index is 1.99. The average Bonchev–Trinajstić information content (AvgIpc) is 3.01. The van der Waals surface area contributed by atoms with Gasteiger partial charge in [0, 0.05) is 23.7 Å². The highest BCUT2D eigenvalue weighted by Gasteiger charge is 2.18. The molecule has 0 bridgehead atoms. The van der Waals surface area contributed by atoms with Crippen molar-refractivity contribution >= 4 is 38.2 Å². The maximum absolute atomic E-state index is 5.75. The minimum absolute atomic E-state index is 0.00616. The van der Waals surface area contributed by atoms with Crippen LogP contribution in [0.25, 0.3) is 10.9 Å². The van der Waals surface area contributed by atoms with Gasteiger partial charge in [-0.25, -0.2) is 0 Å². The fourth-order valence-electron chi connectivity index (χ4n) is 2.40. The summed E-state index contributed by atoms with van der Waals surface area (Å²) in [6, 6.07) is 12.4. The van der Waals surface area contributed by atoms with E-state index in [1.807, 2.05) is 23.9 Å². The number of halogens is 1. The van der Waals surface area contributed by atoms with Crippen LogP contribution in [0.2, 0.25) is 0 Å². The lowest BCUT2D eigenvalue weighted by Crippen LogP contribution is -2.30. The van der Waals surface area contributed by atoms with Crippen LogP contribution in [-0.2, 0) is 13.5 Å². The molecule has 0 aliphatic heterocycles. The van der Waals surface area contributed by atoms with E-state index in [1.54, 1.807) is 11.3 Å². The summed E-state index contributed by atoms with van der Waals surface area (Å²) in [4.78, 5) is 1.27. The molecule has 3 N–H and O–H groups in total. The topological polar surface area (TPSA) is 55.9 Å². The molecular formula is C14H15BrN4S. The SMILES string of the molecule is Cn1nc(C(Cc2ccc(Br)s2)NN)c2ccccc21. The molecule has 0 aliphatic carbocycles. The van der Waals surface area contributed by atoms with Crippen molar-refractivity contribution in [3.63, 3.8) is 0 Å². The zero-order valence-electron chi connectivity index (χ0n) is 11.0. The summed E-state index contributed by atoms with van der Waals surface area (Å²) >= 11 is 5.22. The molecule has 1 unspecified atom stereocenters. The fourth-order valence-corrected chi connectivity index (χ4v) is 3.92. The Bertz CT molecular complexity index is 734. The largest absolute Gasteiger partial charge is 0.271 e. The van der Waals surface area contributed by atoms with Gasteiger partial charge in [0.15, 0.2) is 0 Å². The molecule has 0 fully saturated rings. The maximum Gasteiger partial charge on any atom is 0.0889 e. The first kappa shape index (κ1) is 13.8. The average molecular weight is 351 g/mol. The number of aromatic nitrogens is 2. The van der Waals surface area contributed by atoms with Crippen LogP contribution in [0.4, 0.5) is 0 Å². The third kappa shape index (κ3) is 2.52. The number of benzene rings is 1. The van der Waals surface area contributed by atoms with E-state index in [4.69, 9.17) is 5.84 Å². The molecule has 0 amide bonds. The second-order valence-electron chi connectivity index (χ2n) is 4.66. The lowest BCUT2D eigenvalue weighted by Gasteiger charge is -2.12. The number of nitrogens with zero attached hydrogens (tertiary/aromatic N) is 2. The van der Waals surface area contributed by atoms with Gasteiger partial charge in [-0.3, -0.25) is 16.0 Å². The summed E-state index contributed by atoms with van der Waals surface area (Å²) in [5.41, 5.74) is 5.01. The van der Waals surface area contributed by atoms with Gasteiger partial charge in [-0.15, -0.1) is 11.3 Å². The standard InChI is InChI=1S/C14H15BrN4S/c1-19-12-5-3-2-4-10(12)14(18-19)11(17-16)8-9-6-7-13(15)20-9/h2-7,11,17H,8,16H2,1H3. The van der Waals surface area contributed by atoms with Crippen molar-refractivity contribution in [1.82, 2.24) is 15.2 Å². The van der Waals surface area contributed by atoms with Gasteiger partial charge in [0.1, 0.15) is 0 Å². The molecule has 1 aromatic carbocycles. The van der Waals surface area contributed by atoms with Gasteiger partial charge < -0.3 is 0 Å². The van der Waals surface area contributed by atoms with Gasteiger partial charge in [-0.05, 0) is 34.1 Å². The lowest BCUT2D eigenvalue weighted by atomic mass is 10.1. The van der Waals surface area contributed by atoms with E-state index < -0.39 is 0 Å². The number of hydrazine groups is 1. The Kier molecular flexibility index (Phi) is 3.89. The van der Waals surface area contributed by atoms with Crippen LogP contribution in [0.5, 0.6) is 0 Å². The van der Waals surface area contributed by atoms with Gasteiger partial charge in [0.05, 0.1) is 21.0 Å². The Labute approximate surface area is 129 Å². The molecule has 0 radical (unpaired) electrons. The number of para-hydroxylation sites is 1. The molecule has 2 heterocycles. The molecule has 3 aromatic rings. The molecule has 104 valence electrons. The molecule has 2 aromatic heterocycles. The molecule has 6 heteroatoms. The summed E-state index contributed by atoms with van der Waals surface area (Å²) in [6.45, 7) is 0. The van der Waals surface area contributed by atoms with Gasteiger partial charge in [-0.2, -0.15) is 5.10 Å². The maximum atomic E-state index is 5.75. The minimum atomic E-state index is 0.00616. The van der Waals surface area contributed by atoms with E-state index >= 15 is 0 Å². The summed E-state index contributed by atoms with van der Waals surface area (Å²) in [7, 11) is 1.96. The Morgan fingerprint density at radius 3 is 2.85 bits per heavy atom. The highest BCUT2D eigenvalue weighted by molar-refractivity contribution is 9.11. The number of nitrogens with two attached hydrogens (primary N) is 1. The van der Waals surface area contributed by atoms with Crippen LogP contribution in [0.1, 0.15) is 16.6 Å². The van der Waals surface area contributed by atoms with E-state index in [9.17, 15) is 0 Å². The third-order valence-electron chi connectivity index (χ3n) is 3.35. The first-order chi connectivity index (χ1) is 9.69. The highest BCUT2D eigenvalue weighted by Crippen LogP contribution is 2.29. The molecule has 0 saturated carbocycles. The second kappa shape index (κ2) is 5.65. The van der Waals surface area contributed by atoms with E-state index in [0.29, 0.717) is 0 Å². The molecule has 1 atom stereocenters. The zero-order chi connectivity index (χ0) is 14.1. The normalized spacial score (nSPS) is 12.9. The van der Waals surface area contributed by atoms with Crippen LogP contribution < -0.4 is 11.3 Å². The number of hydrogen-bond acceptors (Lipinski definition) is 4. The summed E-state index contributed by atoms with van der Waals surface area (Å²) in [6.07, 6.45) is 0.827. The third-order valence-corrected chi connectivity index (χ3v) is 5.00. The highest BCUT2D eigenvalue weighted by atomic mass is 79.9. The minimum Gasteiger partial charge on any atom is -0.271 e. The molecule has 3 rings (SSSR count). The van der Waals surface area contributed by atoms with Crippen LogP contribution in [0, 0.1) is 0 Å². The number of fused-ring (bicyclic) bond motifs is 1. The van der Waals surface area contributed by atoms with Gasteiger partial charge in [0.25, 0.3) is 0 Å². The van der Waals surface area contributed by atoms with Crippen molar-refractivity contribution in [2.45, 2.75) is 12.5 Å². The van der Waals surface area contributed by atoms with E-state index in [2.05, 4.69) is 50.7 Å². The summed E-state index contributed by atoms with van der Waals surface area (Å²) in [5, 5.41) is 5.78. The Morgan fingerprint density at radius 2 is 2.15 bits per heavy atom. The molecule has 4 nitrogen and oxygen atoms in total. The Morgan fingerprint density at radius 1 is 1.35 bits per heavy atom. The molecule has 0 spiro atoms. The number of hydrogen-bond donors (Lipinski definition) is 2. The van der Waals surface area contributed by atoms with Gasteiger partial charge in [-0.1, -0.05) is 18.2 Å². The summed E-state index contributed by atoms with van der Waals surface area (Å²) < 4.78 is 3.04. The first-order valence-corrected chi connectivity index (χ1v) is 7.92. The van der Waals surface area contributed by atoms with Crippen molar-refractivity contribution in [2.75, 3.05) is 0 Å². The predicted octanol–water partition coefficient (Wildman–Crippen LogP) is 3.14. The van der Waals surface area contributed by atoms with E-state index in [-0.39, 0.29) is 6.04 Å². The fraction of sp³-hybridized carbons (Fsp3) is 0.214. The van der Waals surface area contributed by atoms with Gasteiger partial charge >= 0.3 is 0 Å². The number of thiophene rings is 1. The number of rotatable bonds is 4. The number of nitrogens with one attached hydrogen (secondary N) is 1. The Hall–Kier alpha value is -1.21. The molecule has 0 aliphatic rings. The summed E-state index contributed by atoms with van der Waals surface area (Å²) in [5.74, 6) is 5.75. The van der Waals surface area contributed by atoms with Crippen LogP contribution >= 0.6 is 27.3 Å². The van der Waals surface area contributed by atoms with Crippen molar-refractivity contribution in [1.29, 1.82) is 0 Å². The predicted molar refractivity (Wildman–Crippen MR) is 86.5 cm³/mol. The van der Waals surface area contributed by atoms with Crippen molar-refractivity contribution in [3.05, 3.63) is 50.8 Å². The van der Waals surface area contributed by atoms with Crippen molar-refractivity contribution < 1.29 is 0 Å². The molecule has 20 heavy (non-hydrogen) atoms. The van der Waals surface area contributed by atoms with Gasteiger partial charge in [0.2, 0.25) is 0 Å². The smallest absolute Gasteiger partial charge is 0.0889 e. The van der Waals surface area contributed by atoms with Crippen molar-refractivity contribution in [2.24, 2.45) is 12.9 Å². The van der Waals surface area contributed by atoms with E-state index in [1.165, 1.54) is 4.88 Å². The molecule has 0 saturated heterocycles. The first-order valence-electron chi connectivity index (χ1n) is 6.31. The van der Waals surface area contributed by atoms with Crippen LogP contribution in [-0.4, -0.2) is 9.78 Å². The molecular weight excluding hydrogens is 336 g/mol.